The number of hydrogen-bond donors (Lipinski definition) is 0. The first-order chi connectivity index (χ1) is 16.7. The van der Waals surface area contributed by atoms with Gasteiger partial charge in [-0.15, -0.1) is 0 Å². The highest BCUT2D eigenvalue weighted by atomic mass is 16.2. The molecule has 2 aromatic heterocycles. The van der Waals surface area contributed by atoms with Crippen molar-refractivity contribution in [2.45, 2.75) is 31.7 Å². The summed E-state index contributed by atoms with van der Waals surface area (Å²) < 4.78 is 2.02. The van der Waals surface area contributed by atoms with E-state index in [1.54, 1.807) is 6.20 Å². The average molecular weight is 454 g/mol. The van der Waals surface area contributed by atoms with Crippen LogP contribution in [0.4, 0.5) is 0 Å². The molecule has 0 bridgehead atoms. The number of nitrogens with zero attached hydrogens (tertiary/aromatic N) is 5. The predicted octanol–water partition coefficient (Wildman–Crippen LogP) is 4.30. The Morgan fingerprint density at radius 1 is 0.794 bits per heavy atom. The van der Waals surface area contributed by atoms with Gasteiger partial charge in [0.15, 0.2) is 5.65 Å². The van der Waals surface area contributed by atoms with Gasteiger partial charge in [0.2, 0.25) is 0 Å². The molecule has 1 aliphatic carbocycles. The van der Waals surface area contributed by atoms with Crippen molar-refractivity contribution in [3.05, 3.63) is 72.1 Å². The van der Waals surface area contributed by atoms with Crippen LogP contribution in [0, 0.1) is 0 Å². The lowest BCUT2D eigenvalue weighted by molar-refractivity contribution is 0.0536. The van der Waals surface area contributed by atoms with Gasteiger partial charge in [-0.1, -0.05) is 49.2 Å². The van der Waals surface area contributed by atoms with Gasteiger partial charge in [0.1, 0.15) is 0 Å². The van der Waals surface area contributed by atoms with Gasteiger partial charge in [0, 0.05) is 43.3 Å². The molecule has 0 N–H and O–H groups in total. The van der Waals surface area contributed by atoms with E-state index in [0.29, 0.717) is 43.3 Å². The number of amides is 2. The second-order valence-electron chi connectivity index (χ2n) is 9.28. The smallest absolute Gasteiger partial charge is 0.255 e. The molecule has 2 aromatic carbocycles. The fourth-order valence-electron chi connectivity index (χ4n) is 5.35. The molecule has 4 aromatic rings. The SMILES string of the molecule is O=C(c1cnc2c(cnn2C2CCCC2)c1)N1CCN(C(=O)c2cccc3ccccc23)CC1. The van der Waals surface area contributed by atoms with E-state index >= 15 is 0 Å². The number of rotatable bonds is 3. The second-order valence-corrected chi connectivity index (χ2v) is 9.28. The maximum Gasteiger partial charge on any atom is 0.255 e. The van der Waals surface area contributed by atoms with E-state index in [9.17, 15) is 9.59 Å². The first-order valence-corrected chi connectivity index (χ1v) is 12.1. The van der Waals surface area contributed by atoms with Crippen LogP contribution in [0.3, 0.4) is 0 Å². The number of benzene rings is 2. The molecule has 1 saturated carbocycles. The molecular formula is C27H27N5O2. The number of piperazine rings is 1. The molecule has 2 amide bonds. The fourth-order valence-corrected chi connectivity index (χ4v) is 5.35. The van der Waals surface area contributed by atoms with Crippen molar-refractivity contribution in [1.29, 1.82) is 0 Å². The number of carbonyl (C=O) groups is 2. The van der Waals surface area contributed by atoms with E-state index in [1.807, 2.05) is 69.2 Å². The number of pyridine rings is 1. The van der Waals surface area contributed by atoms with Gasteiger partial charge in [0.25, 0.3) is 11.8 Å². The zero-order valence-corrected chi connectivity index (χ0v) is 19.1. The molecular weight excluding hydrogens is 426 g/mol. The summed E-state index contributed by atoms with van der Waals surface area (Å²) in [6.45, 7) is 2.05. The third kappa shape index (κ3) is 3.61. The highest BCUT2D eigenvalue weighted by molar-refractivity contribution is 6.07. The van der Waals surface area contributed by atoms with E-state index in [2.05, 4.69) is 10.1 Å². The summed E-state index contributed by atoms with van der Waals surface area (Å²) in [7, 11) is 0. The quantitative estimate of drug-likeness (QED) is 0.464. The summed E-state index contributed by atoms with van der Waals surface area (Å²) >= 11 is 0. The van der Waals surface area contributed by atoms with Gasteiger partial charge in [-0.2, -0.15) is 5.10 Å². The maximum absolute atomic E-state index is 13.2. The minimum atomic E-state index is -0.0414. The average Bonchev–Trinajstić information content (AvgIpc) is 3.57. The molecule has 1 aliphatic heterocycles. The van der Waals surface area contributed by atoms with Crippen molar-refractivity contribution in [2.24, 2.45) is 0 Å². The summed E-state index contributed by atoms with van der Waals surface area (Å²) in [5.74, 6) is -0.0217. The van der Waals surface area contributed by atoms with Gasteiger partial charge in [-0.25, -0.2) is 9.67 Å². The highest BCUT2D eigenvalue weighted by Gasteiger charge is 2.27. The van der Waals surface area contributed by atoms with Crippen LogP contribution in [0.5, 0.6) is 0 Å². The van der Waals surface area contributed by atoms with Crippen molar-refractivity contribution in [3.8, 4) is 0 Å². The Balaban J connectivity index is 1.15. The van der Waals surface area contributed by atoms with Crippen molar-refractivity contribution in [3.63, 3.8) is 0 Å². The largest absolute Gasteiger partial charge is 0.335 e. The van der Waals surface area contributed by atoms with E-state index in [1.165, 1.54) is 12.8 Å². The zero-order chi connectivity index (χ0) is 23.1. The Labute approximate surface area is 198 Å². The molecule has 172 valence electrons. The van der Waals surface area contributed by atoms with Crippen molar-refractivity contribution < 1.29 is 9.59 Å². The summed E-state index contributed by atoms with van der Waals surface area (Å²) in [6.07, 6.45) is 8.24. The molecule has 0 unspecified atom stereocenters. The molecule has 0 radical (unpaired) electrons. The molecule has 2 aliphatic rings. The minimum Gasteiger partial charge on any atom is -0.335 e. The van der Waals surface area contributed by atoms with Crippen LogP contribution in [0.2, 0.25) is 0 Å². The Morgan fingerprint density at radius 3 is 2.29 bits per heavy atom. The first kappa shape index (κ1) is 20.8. The molecule has 7 heteroatoms. The van der Waals surface area contributed by atoms with Gasteiger partial charge in [-0.3, -0.25) is 9.59 Å². The first-order valence-electron chi connectivity index (χ1n) is 12.1. The fraction of sp³-hybridized carbons (Fsp3) is 0.333. The van der Waals surface area contributed by atoms with Gasteiger partial charge < -0.3 is 9.80 Å². The lowest BCUT2D eigenvalue weighted by atomic mass is 10.0. The molecule has 2 fully saturated rings. The van der Waals surface area contributed by atoms with Crippen LogP contribution < -0.4 is 0 Å². The maximum atomic E-state index is 13.2. The molecule has 34 heavy (non-hydrogen) atoms. The predicted molar refractivity (Wildman–Crippen MR) is 131 cm³/mol. The molecule has 6 rings (SSSR count). The minimum absolute atomic E-state index is 0.0197. The van der Waals surface area contributed by atoms with Crippen molar-refractivity contribution >= 4 is 33.6 Å². The van der Waals surface area contributed by atoms with Crippen LogP contribution in [0.15, 0.2) is 60.9 Å². The molecule has 3 heterocycles. The standard InChI is InChI=1S/C27H27N5O2/c33-26(21-16-20-18-29-32(25(20)28-17-21)22-8-2-3-9-22)30-12-14-31(15-13-30)27(34)24-11-5-7-19-6-1-4-10-23(19)24/h1,4-7,10-11,16-18,22H,2-3,8-9,12-15H2. The third-order valence-corrected chi connectivity index (χ3v) is 7.23. The Bertz CT molecular complexity index is 1380. The number of aromatic nitrogens is 3. The van der Waals surface area contributed by atoms with E-state index in [0.717, 1.165) is 34.6 Å². The molecule has 0 spiro atoms. The van der Waals surface area contributed by atoms with E-state index < -0.39 is 0 Å². The van der Waals surface area contributed by atoms with E-state index in [-0.39, 0.29) is 11.8 Å². The third-order valence-electron chi connectivity index (χ3n) is 7.23. The van der Waals surface area contributed by atoms with Gasteiger partial charge in [-0.05, 0) is 35.7 Å². The number of hydrogen-bond acceptors (Lipinski definition) is 4. The van der Waals surface area contributed by atoms with Crippen molar-refractivity contribution in [2.75, 3.05) is 26.2 Å². The van der Waals surface area contributed by atoms with Crippen LogP contribution in [0.1, 0.15) is 52.4 Å². The second kappa shape index (κ2) is 8.56. The zero-order valence-electron chi connectivity index (χ0n) is 19.1. The van der Waals surface area contributed by atoms with Gasteiger partial charge >= 0.3 is 0 Å². The Morgan fingerprint density at radius 2 is 1.50 bits per heavy atom. The Hall–Kier alpha value is -3.74. The summed E-state index contributed by atoms with van der Waals surface area (Å²) in [6, 6.07) is 16.1. The number of carbonyl (C=O) groups excluding carboxylic acids is 2. The summed E-state index contributed by atoms with van der Waals surface area (Å²) in [5, 5.41) is 7.48. The normalized spacial score (nSPS) is 17.1. The van der Waals surface area contributed by atoms with Crippen LogP contribution in [-0.4, -0.2) is 62.6 Å². The summed E-state index contributed by atoms with van der Waals surface area (Å²) in [5.41, 5.74) is 2.15. The Kier molecular flexibility index (Phi) is 5.24. The summed E-state index contributed by atoms with van der Waals surface area (Å²) in [4.78, 5) is 34.7. The van der Waals surface area contributed by atoms with E-state index in [4.69, 9.17) is 0 Å². The highest BCUT2D eigenvalue weighted by Crippen LogP contribution is 2.31. The molecule has 0 atom stereocenters. The van der Waals surface area contributed by atoms with Gasteiger partial charge in [0.05, 0.1) is 17.8 Å². The van der Waals surface area contributed by atoms with Crippen molar-refractivity contribution in [1.82, 2.24) is 24.6 Å². The lowest BCUT2D eigenvalue weighted by Crippen LogP contribution is -2.50. The van der Waals surface area contributed by atoms with Crippen LogP contribution in [0.25, 0.3) is 21.8 Å². The van der Waals surface area contributed by atoms with Crippen LogP contribution in [-0.2, 0) is 0 Å². The number of fused-ring (bicyclic) bond motifs is 2. The molecule has 7 nitrogen and oxygen atoms in total. The molecule has 1 saturated heterocycles. The van der Waals surface area contributed by atoms with Crippen LogP contribution >= 0.6 is 0 Å². The lowest BCUT2D eigenvalue weighted by Gasteiger charge is -2.35. The monoisotopic (exact) mass is 453 g/mol. The topological polar surface area (TPSA) is 71.3 Å².